The molecule has 0 aliphatic heterocycles. The number of carbonyl (C=O) groups is 2. The van der Waals surface area contributed by atoms with Crippen LogP contribution in [0.1, 0.15) is 46.5 Å². The quantitative estimate of drug-likeness (QED) is 0.754. The Morgan fingerprint density at radius 3 is 2.60 bits per heavy atom. The largest absolute Gasteiger partial charge is 0.480 e. The number of nitrogens with one attached hydrogen (secondary N) is 2. The number of ether oxygens (including phenoxy) is 1. The fourth-order valence-corrected chi connectivity index (χ4v) is 3.44. The highest BCUT2D eigenvalue weighted by atomic mass is 79.9. The number of hydrogen-bond acceptors (Lipinski definition) is 3. The minimum Gasteiger partial charge on any atom is -0.480 e. The minimum absolute atomic E-state index is 0.0226. The van der Waals surface area contributed by atoms with E-state index in [1.165, 1.54) is 0 Å². The Hall–Kier alpha value is -1.56. The van der Waals surface area contributed by atoms with Gasteiger partial charge in [-0.15, -0.1) is 0 Å². The molecule has 0 aromatic heterocycles. The molecule has 1 fully saturated rings. The molecule has 2 N–H and O–H groups in total. The molecule has 5 nitrogen and oxygen atoms in total. The minimum atomic E-state index is -0.594. The molecule has 0 spiro atoms. The third-order valence-electron chi connectivity index (χ3n) is 4.33. The van der Waals surface area contributed by atoms with E-state index < -0.39 is 6.10 Å². The first kappa shape index (κ1) is 19.8. The number of benzene rings is 1. The first-order valence-corrected chi connectivity index (χ1v) is 9.68. The Morgan fingerprint density at radius 1 is 1.20 bits per heavy atom. The van der Waals surface area contributed by atoms with Crippen molar-refractivity contribution >= 4 is 27.7 Å². The molecule has 0 radical (unpaired) electrons. The van der Waals surface area contributed by atoms with Gasteiger partial charge in [0.2, 0.25) is 5.91 Å². The van der Waals surface area contributed by atoms with Gasteiger partial charge in [-0.2, -0.15) is 0 Å². The number of carbonyl (C=O) groups excluding carboxylic acids is 2. The van der Waals surface area contributed by atoms with E-state index >= 15 is 0 Å². The molecular formula is C19H27BrN2O3. The van der Waals surface area contributed by atoms with E-state index in [1.807, 2.05) is 38.1 Å². The van der Waals surface area contributed by atoms with E-state index in [4.69, 9.17) is 4.74 Å². The van der Waals surface area contributed by atoms with Crippen LogP contribution in [-0.4, -0.2) is 30.0 Å². The number of rotatable bonds is 6. The summed E-state index contributed by atoms with van der Waals surface area (Å²) in [5, 5.41) is 6.00. The van der Waals surface area contributed by atoms with Crippen LogP contribution < -0.4 is 15.4 Å². The molecule has 3 unspecified atom stereocenters. The smallest absolute Gasteiger partial charge is 0.260 e. The lowest BCUT2D eigenvalue weighted by Crippen LogP contribution is -2.47. The second-order valence-electron chi connectivity index (χ2n) is 6.92. The van der Waals surface area contributed by atoms with E-state index in [9.17, 15) is 9.59 Å². The molecule has 1 aliphatic rings. The van der Waals surface area contributed by atoms with Gasteiger partial charge in [-0.3, -0.25) is 9.59 Å². The van der Waals surface area contributed by atoms with Crippen LogP contribution in [-0.2, 0) is 9.59 Å². The summed E-state index contributed by atoms with van der Waals surface area (Å²) < 4.78 is 6.55. The van der Waals surface area contributed by atoms with E-state index in [0.29, 0.717) is 12.2 Å². The maximum atomic E-state index is 12.4. The molecular weight excluding hydrogens is 384 g/mol. The second kappa shape index (κ2) is 9.22. The number of hydrogen-bond donors (Lipinski definition) is 2. The molecule has 138 valence electrons. The molecule has 2 amide bonds. The number of halogens is 1. The lowest BCUT2D eigenvalue weighted by Gasteiger charge is -2.30. The van der Waals surface area contributed by atoms with Crippen molar-refractivity contribution in [1.82, 2.24) is 10.6 Å². The van der Waals surface area contributed by atoms with E-state index in [0.717, 1.165) is 23.7 Å². The summed E-state index contributed by atoms with van der Waals surface area (Å²) >= 11 is 3.41. The number of para-hydroxylation sites is 1. The van der Waals surface area contributed by atoms with Crippen LogP contribution in [0.4, 0.5) is 0 Å². The van der Waals surface area contributed by atoms with Crippen molar-refractivity contribution < 1.29 is 14.3 Å². The standard InChI is InChI=1S/C19H27BrN2O3/c1-12(2)21-19(24)14-7-6-8-15(11-14)22-18(23)13(3)25-17-10-5-4-9-16(17)20/h4-5,9-10,12-15H,6-8,11H2,1-3H3,(H,21,24)(H,22,23). The lowest BCUT2D eigenvalue weighted by molar-refractivity contribution is -0.130. The molecule has 0 heterocycles. The Bertz CT molecular complexity index is 606. The highest BCUT2D eigenvalue weighted by molar-refractivity contribution is 9.10. The molecule has 1 aliphatic carbocycles. The van der Waals surface area contributed by atoms with Crippen LogP contribution in [0.2, 0.25) is 0 Å². The van der Waals surface area contributed by atoms with Crippen molar-refractivity contribution in [2.24, 2.45) is 5.92 Å². The van der Waals surface area contributed by atoms with Crippen LogP contribution in [0.3, 0.4) is 0 Å². The summed E-state index contributed by atoms with van der Waals surface area (Å²) in [7, 11) is 0. The average molecular weight is 411 g/mol. The Labute approximate surface area is 158 Å². The Morgan fingerprint density at radius 2 is 1.92 bits per heavy atom. The predicted molar refractivity (Wildman–Crippen MR) is 101 cm³/mol. The van der Waals surface area contributed by atoms with Gasteiger partial charge in [0.05, 0.1) is 4.47 Å². The van der Waals surface area contributed by atoms with E-state index in [-0.39, 0.29) is 29.8 Å². The van der Waals surface area contributed by atoms with Gasteiger partial charge in [0.25, 0.3) is 5.91 Å². The molecule has 0 saturated heterocycles. The number of amides is 2. The third-order valence-corrected chi connectivity index (χ3v) is 4.99. The first-order chi connectivity index (χ1) is 11.9. The van der Waals surface area contributed by atoms with Crippen LogP contribution in [0.15, 0.2) is 28.7 Å². The molecule has 0 bridgehead atoms. The van der Waals surface area contributed by atoms with Crippen molar-refractivity contribution in [2.45, 2.75) is 64.6 Å². The zero-order valence-electron chi connectivity index (χ0n) is 15.0. The predicted octanol–water partition coefficient (Wildman–Crippen LogP) is 3.42. The first-order valence-electron chi connectivity index (χ1n) is 8.88. The lowest BCUT2D eigenvalue weighted by atomic mass is 9.85. The van der Waals surface area contributed by atoms with Crippen LogP contribution in [0.5, 0.6) is 5.75 Å². The van der Waals surface area contributed by atoms with Gasteiger partial charge < -0.3 is 15.4 Å². The normalized spacial score (nSPS) is 21.5. The van der Waals surface area contributed by atoms with Crippen LogP contribution in [0.25, 0.3) is 0 Å². The van der Waals surface area contributed by atoms with Crippen molar-refractivity contribution in [2.75, 3.05) is 0 Å². The van der Waals surface area contributed by atoms with Crippen molar-refractivity contribution in [3.8, 4) is 5.75 Å². The Kier molecular flexibility index (Phi) is 7.29. The fourth-order valence-electron chi connectivity index (χ4n) is 3.06. The van der Waals surface area contributed by atoms with E-state index in [2.05, 4.69) is 26.6 Å². The summed E-state index contributed by atoms with van der Waals surface area (Å²) in [4.78, 5) is 24.6. The molecule has 1 saturated carbocycles. The monoisotopic (exact) mass is 410 g/mol. The van der Waals surface area contributed by atoms with Gasteiger partial charge >= 0.3 is 0 Å². The van der Waals surface area contributed by atoms with E-state index in [1.54, 1.807) is 6.92 Å². The molecule has 25 heavy (non-hydrogen) atoms. The van der Waals surface area contributed by atoms with Gasteiger partial charge in [0.1, 0.15) is 5.75 Å². The van der Waals surface area contributed by atoms with Gasteiger partial charge in [0.15, 0.2) is 6.10 Å². The molecule has 2 rings (SSSR count). The highest BCUT2D eigenvalue weighted by Gasteiger charge is 2.29. The third kappa shape index (κ3) is 6.03. The average Bonchev–Trinajstić information content (AvgIpc) is 2.56. The van der Waals surface area contributed by atoms with Crippen LogP contribution >= 0.6 is 15.9 Å². The zero-order chi connectivity index (χ0) is 18.4. The van der Waals surface area contributed by atoms with Gasteiger partial charge in [0, 0.05) is 18.0 Å². The Balaban J connectivity index is 1.86. The fraction of sp³-hybridized carbons (Fsp3) is 0.579. The van der Waals surface area contributed by atoms with Crippen molar-refractivity contribution in [3.05, 3.63) is 28.7 Å². The van der Waals surface area contributed by atoms with Gasteiger partial charge in [-0.25, -0.2) is 0 Å². The molecule has 3 atom stereocenters. The highest BCUT2D eigenvalue weighted by Crippen LogP contribution is 2.26. The molecule has 1 aromatic rings. The van der Waals surface area contributed by atoms with Crippen molar-refractivity contribution in [1.29, 1.82) is 0 Å². The maximum absolute atomic E-state index is 12.4. The SMILES string of the molecule is CC(C)NC(=O)C1CCCC(NC(=O)C(C)Oc2ccccc2Br)C1. The van der Waals surface area contributed by atoms with Gasteiger partial charge in [-0.1, -0.05) is 18.6 Å². The summed E-state index contributed by atoms with van der Waals surface area (Å²) in [5.74, 6) is 0.557. The zero-order valence-corrected chi connectivity index (χ0v) is 16.6. The second-order valence-corrected chi connectivity index (χ2v) is 7.78. The summed E-state index contributed by atoms with van der Waals surface area (Å²) in [6.07, 6.45) is 2.82. The summed E-state index contributed by atoms with van der Waals surface area (Å²) in [5.41, 5.74) is 0. The topological polar surface area (TPSA) is 67.4 Å². The summed E-state index contributed by atoms with van der Waals surface area (Å²) in [6, 6.07) is 7.62. The maximum Gasteiger partial charge on any atom is 0.260 e. The van der Waals surface area contributed by atoms with Crippen LogP contribution in [0, 0.1) is 5.92 Å². The molecule has 6 heteroatoms. The molecule has 1 aromatic carbocycles. The van der Waals surface area contributed by atoms with Crippen molar-refractivity contribution in [3.63, 3.8) is 0 Å². The van der Waals surface area contributed by atoms with Gasteiger partial charge in [-0.05, 0) is 68.1 Å². The summed E-state index contributed by atoms with van der Waals surface area (Å²) in [6.45, 7) is 5.65.